The number of aryl methyl sites for hydroxylation is 1. The number of imidazole rings is 1. The molecule has 0 saturated carbocycles. The molecule has 9 nitrogen and oxygen atoms in total. The van der Waals surface area contributed by atoms with Crippen molar-refractivity contribution in [1.82, 2.24) is 9.55 Å². The molecule has 0 spiro atoms. The van der Waals surface area contributed by atoms with E-state index in [1.54, 1.807) is 0 Å². The van der Waals surface area contributed by atoms with Crippen molar-refractivity contribution in [3.8, 4) is 0 Å². The molecule has 0 saturated heterocycles. The maximum atomic E-state index is 12.2. The minimum Gasteiger partial charge on any atom is -0.481 e. The molecular weight excluding hydrogens is 354 g/mol. The lowest BCUT2D eigenvalue weighted by atomic mass is 9.99. The number of hydrogen-bond donors (Lipinski definition) is 2. The average molecular weight is 373 g/mol. The number of carbonyl (C=O) groups is 3. The summed E-state index contributed by atoms with van der Waals surface area (Å²) in [7, 11) is 1.21. The normalized spacial score (nSPS) is 15.5. The second kappa shape index (κ2) is 7.90. The van der Waals surface area contributed by atoms with E-state index in [2.05, 4.69) is 10.3 Å². The largest absolute Gasteiger partial charge is 0.481 e. The van der Waals surface area contributed by atoms with Crippen molar-refractivity contribution < 1.29 is 29.0 Å². The van der Waals surface area contributed by atoms with Crippen molar-refractivity contribution in [2.45, 2.75) is 26.0 Å². The zero-order chi connectivity index (χ0) is 19.4. The first kappa shape index (κ1) is 18.4. The monoisotopic (exact) mass is 373 g/mol. The quantitative estimate of drug-likeness (QED) is 0.770. The number of aromatic nitrogens is 2. The lowest BCUT2D eigenvalue weighted by Gasteiger charge is -2.21. The molecule has 1 aromatic carbocycles. The van der Waals surface area contributed by atoms with Gasteiger partial charge in [-0.1, -0.05) is 30.3 Å². The summed E-state index contributed by atoms with van der Waals surface area (Å²) in [6.45, 7) is 0.151. The molecule has 1 atom stereocenters. The van der Waals surface area contributed by atoms with E-state index in [1.807, 2.05) is 30.3 Å². The van der Waals surface area contributed by atoms with Crippen LogP contribution in [0.3, 0.4) is 0 Å². The van der Waals surface area contributed by atoms with Crippen LogP contribution in [0.25, 0.3) is 0 Å². The van der Waals surface area contributed by atoms with Gasteiger partial charge in [0.1, 0.15) is 12.4 Å². The SMILES string of the molecule is COC(=O)c1c(NC(=O)OCc2ccccc2)nc2n1CC(C(=O)O)CC2. The van der Waals surface area contributed by atoms with Crippen molar-refractivity contribution in [3.05, 3.63) is 47.4 Å². The van der Waals surface area contributed by atoms with Crippen LogP contribution in [0, 0.1) is 5.92 Å². The highest BCUT2D eigenvalue weighted by Crippen LogP contribution is 2.27. The first-order valence-corrected chi connectivity index (χ1v) is 8.37. The van der Waals surface area contributed by atoms with Gasteiger partial charge in [-0.15, -0.1) is 0 Å². The minimum atomic E-state index is -0.943. The summed E-state index contributed by atoms with van der Waals surface area (Å²) in [5, 5.41) is 11.7. The highest BCUT2D eigenvalue weighted by atomic mass is 16.5. The van der Waals surface area contributed by atoms with Gasteiger partial charge in [-0.2, -0.15) is 0 Å². The highest BCUT2D eigenvalue weighted by Gasteiger charge is 2.32. The number of benzene rings is 1. The summed E-state index contributed by atoms with van der Waals surface area (Å²) in [5.41, 5.74) is 0.824. The zero-order valence-electron chi connectivity index (χ0n) is 14.7. The number of rotatable bonds is 5. The van der Waals surface area contributed by atoms with Crippen LogP contribution in [-0.4, -0.2) is 39.8 Å². The van der Waals surface area contributed by atoms with E-state index in [1.165, 1.54) is 11.7 Å². The van der Waals surface area contributed by atoms with Gasteiger partial charge in [0, 0.05) is 13.0 Å². The maximum Gasteiger partial charge on any atom is 0.413 e. The molecule has 1 amide bonds. The fraction of sp³-hybridized carbons (Fsp3) is 0.333. The molecule has 0 fully saturated rings. The third kappa shape index (κ3) is 4.08. The van der Waals surface area contributed by atoms with E-state index in [0.29, 0.717) is 18.7 Å². The van der Waals surface area contributed by atoms with E-state index >= 15 is 0 Å². The van der Waals surface area contributed by atoms with Crippen molar-refractivity contribution in [1.29, 1.82) is 0 Å². The minimum absolute atomic E-state index is 0.000880. The Labute approximate surface area is 154 Å². The number of nitrogens with zero attached hydrogens (tertiary/aromatic N) is 2. The Hall–Kier alpha value is -3.36. The number of esters is 1. The van der Waals surface area contributed by atoms with Gasteiger partial charge in [0.15, 0.2) is 11.5 Å². The molecule has 3 rings (SSSR count). The molecule has 27 heavy (non-hydrogen) atoms. The third-order valence-corrected chi connectivity index (χ3v) is 4.33. The first-order valence-electron chi connectivity index (χ1n) is 8.37. The first-order chi connectivity index (χ1) is 13.0. The van der Waals surface area contributed by atoms with E-state index in [9.17, 15) is 19.5 Å². The molecule has 0 aliphatic carbocycles. The molecule has 1 aliphatic rings. The summed E-state index contributed by atoms with van der Waals surface area (Å²) in [4.78, 5) is 39.8. The molecule has 0 radical (unpaired) electrons. The van der Waals surface area contributed by atoms with E-state index in [-0.39, 0.29) is 24.7 Å². The molecule has 9 heteroatoms. The van der Waals surface area contributed by atoms with E-state index in [0.717, 1.165) is 5.56 Å². The summed E-state index contributed by atoms with van der Waals surface area (Å²) >= 11 is 0. The van der Waals surface area contributed by atoms with Gasteiger partial charge in [-0.05, 0) is 12.0 Å². The van der Waals surface area contributed by atoms with Gasteiger partial charge >= 0.3 is 18.0 Å². The predicted molar refractivity (Wildman–Crippen MR) is 93.3 cm³/mol. The number of carboxylic acids is 1. The summed E-state index contributed by atoms with van der Waals surface area (Å²) in [5.74, 6) is -1.76. The Bertz CT molecular complexity index is 861. The fourth-order valence-electron chi connectivity index (χ4n) is 2.95. The number of nitrogens with one attached hydrogen (secondary N) is 1. The number of carbonyl (C=O) groups excluding carboxylic acids is 2. The van der Waals surface area contributed by atoms with Crippen molar-refractivity contribution in [3.63, 3.8) is 0 Å². The summed E-state index contributed by atoms with van der Waals surface area (Å²) < 4.78 is 11.4. The number of amides is 1. The Morgan fingerprint density at radius 3 is 2.70 bits per heavy atom. The smallest absolute Gasteiger partial charge is 0.413 e. The lowest BCUT2D eigenvalue weighted by Crippen LogP contribution is -2.28. The number of ether oxygens (including phenoxy) is 2. The van der Waals surface area contributed by atoms with E-state index in [4.69, 9.17) is 9.47 Å². The average Bonchev–Trinajstić information content (AvgIpc) is 3.03. The number of anilines is 1. The van der Waals surface area contributed by atoms with Gasteiger partial charge < -0.3 is 19.1 Å². The molecule has 1 aliphatic heterocycles. The number of aliphatic carboxylic acids is 1. The van der Waals surface area contributed by atoms with Crippen LogP contribution in [0.15, 0.2) is 30.3 Å². The predicted octanol–water partition coefficient (Wildman–Crippen LogP) is 2.07. The Morgan fingerprint density at radius 2 is 2.04 bits per heavy atom. The van der Waals surface area contributed by atoms with Gasteiger partial charge in [0.2, 0.25) is 0 Å². The molecule has 1 aromatic heterocycles. The van der Waals surface area contributed by atoms with Crippen LogP contribution in [0.2, 0.25) is 0 Å². The number of methoxy groups -OCH3 is 1. The molecular formula is C18H19N3O6. The van der Waals surface area contributed by atoms with Gasteiger partial charge in [-0.3, -0.25) is 10.1 Å². The zero-order valence-corrected chi connectivity index (χ0v) is 14.7. The van der Waals surface area contributed by atoms with Crippen LogP contribution in [0.1, 0.15) is 28.3 Å². The molecule has 2 aromatic rings. The van der Waals surface area contributed by atoms with Crippen LogP contribution in [0.5, 0.6) is 0 Å². The Kier molecular flexibility index (Phi) is 5.39. The number of carboxylic acid groups (broad SMARTS) is 1. The van der Waals surface area contributed by atoms with Crippen molar-refractivity contribution in [2.75, 3.05) is 12.4 Å². The van der Waals surface area contributed by atoms with E-state index < -0.39 is 23.9 Å². The third-order valence-electron chi connectivity index (χ3n) is 4.33. The summed E-state index contributed by atoms with van der Waals surface area (Å²) in [6, 6.07) is 9.14. The summed E-state index contributed by atoms with van der Waals surface area (Å²) in [6.07, 6.45) is 0.0151. The van der Waals surface area contributed by atoms with Gasteiger partial charge in [0.05, 0.1) is 13.0 Å². The number of fused-ring (bicyclic) bond motifs is 1. The second-order valence-corrected chi connectivity index (χ2v) is 6.09. The fourth-order valence-corrected chi connectivity index (χ4v) is 2.95. The Balaban J connectivity index is 1.77. The maximum absolute atomic E-state index is 12.2. The van der Waals surface area contributed by atoms with Gasteiger partial charge in [-0.25, -0.2) is 14.6 Å². The molecule has 1 unspecified atom stereocenters. The molecule has 2 heterocycles. The van der Waals surface area contributed by atoms with Crippen LogP contribution < -0.4 is 5.32 Å². The molecule has 2 N–H and O–H groups in total. The standard InChI is InChI=1S/C18H19N3O6/c1-26-17(24)14-15(19-13-8-7-12(16(22)23)9-21(13)14)20-18(25)27-10-11-5-3-2-4-6-11/h2-6,12H,7-10H2,1H3,(H,20,25)(H,22,23). The van der Waals surface area contributed by atoms with Crippen LogP contribution in [0.4, 0.5) is 10.6 Å². The molecule has 142 valence electrons. The van der Waals surface area contributed by atoms with Crippen molar-refractivity contribution in [2.24, 2.45) is 5.92 Å². The highest BCUT2D eigenvalue weighted by molar-refractivity contribution is 5.97. The van der Waals surface area contributed by atoms with Crippen LogP contribution in [-0.2, 0) is 33.8 Å². The second-order valence-electron chi connectivity index (χ2n) is 6.09. The lowest BCUT2D eigenvalue weighted by molar-refractivity contribution is -0.142. The van der Waals surface area contributed by atoms with Gasteiger partial charge in [0.25, 0.3) is 0 Å². The topological polar surface area (TPSA) is 120 Å². The van der Waals surface area contributed by atoms with Crippen molar-refractivity contribution >= 4 is 23.8 Å². The molecule has 0 bridgehead atoms. The Morgan fingerprint density at radius 1 is 1.30 bits per heavy atom. The number of hydrogen-bond acceptors (Lipinski definition) is 6. The van der Waals surface area contributed by atoms with Crippen LogP contribution >= 0.6 is 0 Å².